The second-order valence-corrected chi connectivity index (χ2v) is 15.3. The third-order valence-electron chi connectivity index (χ3n) is 10.2. The third kappa shape index (κ3) is 6.40. The summed E-state index contributed by atoms with van der Waals surface area (Å²) in [6, 6.07) is 51.5. The van der Waals surface area contributed by atoms with Crippen LogP contribution in [0.2, 0.25) is 0 Å². The fourth-order valence-electron chi connectivity index (χ4n) is 7.54. The Balaban J connectivity index is 1.07. The maximum absolute atomic E-state index is 5.07. The standard InChI is InChI=1S/C46H36N4S2/c1-4-12-32(13-5-1)38-30-40(42-16-10-28-51-42)49-44(47-38)34-18-22-36(23-19-34)46(26-8-3-9-27-46)37-24-20-35(21-25-37)45-48-39(33-14-6-2-7-15-33)31-41(50-45)43-17-11-29-52-43/h1-2,4-7,10-25,28-31H,3,8-9,26-27H2. The first-order chi connectivity index (χ1) is 25.7. The number of hydrogen-bond acceptors (Lipinski definition) is 6. The Bertz CT molecular complexity index is 2230. The summed E-state index contributed by atoms with van der Waals surface area (Å²) in [5.74, 6) is 1.50. The zero-order valence-electron chi connectivity index (χ0n) is 28.7. The lowest BCUT2D eigenvalue weighted by molar-refractivity contribution is 0.346. The van der Waals surface area contributed by atoms with Crippen LogP contribution in [0.25, 0.3) is 66.4 Å². The van der Waals surface area contributed by atoms with Gasteiger partial charge in [-0.25, -0.2) is 19.9 Å². The summed E-state index contributed by atoms with van der Waals surface area (Å²) in [4.78, 5) is 22.5. The van der Waals surface area contributed by atoms with Gasteiger partial charge in [0.1, 0.15) is 0 Å². The monoisotopic (exact) mass is 708 g/mol. The first kappa shape index (κ1) is 32.4. The average Bonchev–Trinajstić information content (AvgIpc) is 3.98. The van der Waals surface area contributed by atoms with Crippen molar-refractivity contribution in [3.05, 3.63) is 167 Å². The lowest BCUT2D eigenvalue weighted by Crippen LogP contribution is -2.30. The number of thiophene rings is 2. The highest BCUT2D eigenvalue weighted by atomic mass is 32.1. The Hall–Kier alpha value is -5.56. The van der Waals surface area contributed by atoms with Crippen LogP contribution < -0.4 is 0 Å². The summed E-state index contributed by atoms with van der Waals surface area (Å²) in [5, 5.41) is 4.20. The average molecular weight is 709 g/mol. The van der Waals surface area contributed by atoms with Crippen LogP contribution in [0.1, 0.15) is 43.2 Å². The predicted octanol–water partition coefficient (Wildman–Crippen LogP) is 12.6. The van der Waals surface area contributed by atoms with E-state index in [1.54, 1.807) is 22.7 Å². The highest BCUT2D eigenvalue weighted by molar-refractivity contribution is 7.13. The molecule has 252 valence electrons. The molecule has 4 nitrogen and oxygen atoms in total. The van der Waals surface area contributed by atoms with Gasteiger partial charge in [-0.15, -0.1) is 22.7 Å². The molecule has 0 saturated heterocycles. The Morgan fingerprint density at radius 3 is 1.21 bits per heavy atom. The van der Waals surface area contributed by atoms with Gasteiger partial charge in [-0.05, 0) is 59.0 Å². The van der Waals surface area contributed by atoms with E-state index in [0.29, 0.717) is 0 Å². The zero-order valence-corrected chi connectivity index (χ0v) is 30.3. The molecule has 0 amide bonds. The van der Waals surface area contributed by atoms with Crippen molar-refractivity contribution >= 4 is 22.7 Å². The topological polar surface area (TPSA) is 51.6 Å². The Kier molecular flexibility index (Phi) is 8.85. The van der Waals surface area contributed by atoms with Gasteiger partial charge in [0.05, 0.1) is 32.5 Å². The van der Waals surface area contributed by atoms with Gasteiger partial charge in [0.25, 0.3) is 0 Å². The van der Waals surface area contributed by atoms with E-state index in [1.165, 1.54) is 30.4 Å². The highest BCUT2D eigenvalue weighted by Gasteiger charge is 2.35. The quantitative estimate of drug-likeness (QED) is 0.158. The highest BCUT2D eigenvalue weighted by Crippen LogP contribution is 2.46. The first-order valence-electron chi connectivity index (χ1n) is 17.9. The molecule has 0 unspecified atom stereocenters. The van der Waals surface area contributed by atoms with Crippen molar-refractivity contribution in [2.75, 3.05) is 0 Å². The molecule has 8 aromatic rings. The molecule has 4 aromatic heterocycles. The van der Waals surface area contributed by atoms with E-state index in [-0.39, 0.29) is 5.41 Å². The minimum atomic E-state index is -0.0565. The summed E-state index contributed by atoms with van der Waals surface area (Å²) in [5.41, 5.74) is 10.6. The predicted molar refractivity (Wildman–Crippen MR) is 216 cm³/mol. The molecular weight excluding hydrogens is 673 g/mol. The van der Waals surface area contributed by atoms with Crippen LogP contribution in [0, 0.1) is 0 Å². The van der Waals surface area contributed by atoms with E-state index in [2.05, 4.69) is 144 Å². The molecule has 1 saturated carbocycles. The molecule has 1 fully saturated rings. The van der Waals surface area contributed by atoms with Crippen molar-refractivity contribution in [3.63, 3.8) is 0 Å². The Morgan fingerprint density at radius 2 is 0.808 bits per heavy atom. The van der Waals surface area contributed by atoms with Crippen LogP contribution in [0.15, 0.2) is 156 Å². The van der Waals surface area contributed by atoms with Gasteiger partial charge < -0.3 is 0 Å². The van der Waals surface area contributed by atoms with Gasteiger partial charge in [0.15, 0.2) is 11.6 Å². The normalized spacial score (nSPS) is 13.9. The van der Waals surface area contributed by atoms with Crippen molar-refractivity contribution in [1.82, 2.24) is 19.9 Å². The van der Waals surface area contributed by atoms with Crippen molar-refractivity contribution in [2.24, 2.45) is 0 Å². The molecule has 4 aromatic carbocycles. The minimum Gasteiger partial charge on any atom is -0.228 e. The minimum absolute atomic E-state index is 0.0565. The summed E-state index contributed by atoms with van der Waals surface area (Å²) in [6.45, 7) is 0. The molecule has 0 bridgehead atoms. The SMILES string of the molecule is c1ccc(-c2cc(-c3cccs3)nc(-c3ccc(C4(c5ccc(-c6nc(-c7ccccc7)cc(-c7cccs7)n6)cc5)CCCCC4)cc3)n2)cc1. The van der Waals surface area contributed by atoms with Crippen LogP contribution in [0.3, 0.4) is 0 Å². The van der Waals surface area contributed by atoms with Gasteiger partial charge in [-0.3, -0.25) is 0 Å². The Morgan fingerprint density at radius 1 is 0.385 bits per heavy atom. The van der Waals surface area contributed by atoms with E-state index in [1.807, 2.05) is 12.1 Å². The summed E-state index contributed by atoms with van der Waals surface area (Å²) >= 11 is 3.41. The van der Waals surface area contributed by atoms with Crippen LogP contribution >= 0.6 is 22.7 Å². The van der Waals surface area contributed by atoms with Crippen molar-refractivity contribution in [3.8, 4) is 66.4 Å². The third-order valence-corrected chi connectivity index (χ3v) is 12.0. The first-order valence-corrected chi connectivity index (χ1v) is 19.7. The van der Waals surface area contributed by atoms with Gasteiger partial charge in [0, 0.05) is 27.7 Å². The molecule has 6 heteroatoms. The fraction of sp³-hybridized carbons (Fsp3) is 0.130. The number of nitrogens with zero attached hydrogens (tertiary/aromatic N) is 4. The molecule has 1 aliphatic rings. The van der Waals surface area contributed by atoms with Crippen molar-refractivity contribution in [2.45, 2.75) is 37.5 Å². The molecule has 1 aliphatic carbocycles. The van der Waals surface area contributed by atoms with E-state index in [4.69, 9.17) is 19.9 Å². The second-order valence-electron chi connectivity index (χ2n) is 13.4. The molecule has 0 atom stereocenters. The summed E-state index contributed by atoms with van der Waals surface area (Å²) < 4.78 is 0. The van der Waals surface area contributed by atoms with E-state index < -0.39 is 0 Å². The smallest absolute Gasteiger partial charge is 0.160 e. The number of aromatic nitrogens is 4. The van der Waals surface area contributed by atoms with Gasteiger partial charge in [-0.1, -0.05) is 141 Å². The number of rotatable bonds is 8. The molecule has 0 N–H and O–H groups in total. The fourth-order valence-corrected chi connectivity index (χ4v) is 8.92. The van der Waals surface area contributed by atoms with Crippen molar-refractivity contribution in [1.29, 1.82) is 0 Å². The zero-order chi connectivity index (χ0) is 34.7. The largest absolute Gasteiger partial charge is 0.228 e. The maximum atomic E-state index is 5.07. The molecule has 0 spiro atoms. The van der Waals surface area contributed by atoms with Gasteiger partial charge in [0.2, 0.25) is 0 Å². The molecule has 4 heterocycles. The number of benzene rings is 4. The number of hydrogen-bond donors (Lipinski definition) is 0. The van der Waals surface area contributed by atoms with E-state index >= 15 is 0 Å². The Labute approximate surface area is 312 Å². The maximum Gasteiger partial charge on any atom is 0.160 e. The van der Waals surface area contributed by atoms with Crippen LogP contribution in [-0.2, 0) is 5.41 Å². The van der Waals surface area contributed by atoms with Crippen molar-refractivity contribution < 1.29 is 0 Å². The van der Waals surface area contributed by atoms with Crippen LogP contribution in [-0.4, -0.2) is 19.9 Å². The molecule has 9 rings (SSSR count). The van der Waals surface area contributed by atoms with Gasteiger partial charge in [-0.2, -0.15) is 0 Å². The molecule has 0 aliphatic heterocycles. The lowest BCUT2D eigenvalue weighted by atomic mass is 9.65. The molecule has 0 radical (unpaired) electrons. The summed E-state index contributed by atoms with van der Waals surface area (Å²) in [7, 11) is 0. The molecular formula is C46H36N4S2. The van der Waals surface area contributed by atoms with Crippen LogP contribution in [0.5, 0.6) is 0 Å². The van der Waals surface area contributed by atoms with E-state index in [9.17, 15) is 0 Å². The van der Waals surface area contributed by atoms with Gasteiger partial charge >= 0.3 is 0 Å². The lowest BCUT2D eigenvalue weighted by Gasteiger charge is -2.39. The second kappa shape index (κ2) is 14.2. The molecule has 52 heavy (non-hydrogen) atoms. The van der Waals surface area contributed by atoms with E-state index in [0.717, 1.165) is 79.3 Å². The summed E-state index contributed by atoms with van der Waals surface area (Å²) in [6.07, 6.45) is 5.94. The van der Waals surface area contributed by atoms with Crippen LogP contribution in [0.4, 0.5) is 0 Å².